The van der Waals surface area contributed by atoms with E-state index in [1.165, 1.54) is 24.3 Å². The normalized spacial score (nSPS) is 10.1. The SMILES string of the molecule is O=c1ccn(Cc2ccc([N+](=O)[O-])cc2)cc1. The topological polar surface area (TPSA) is 65.1 Å². The monoisotopic (exact) mass is 230 g/mol. The van der Waals surface area contributed by atoms with Gasteiger partial charge in [-0.25, -0.2) is 0 Å². The molecule has 5 nitrogen and oxygen atoms in total. The predicted octanol–water partition coefficient (Wildman–Crippen LogP) is 1.80. The average Bonchev–Trinajstić information content (AvgIpc) is 2.33. The van der Waals surface area contributed by atoms with Gasteiger partial charge < -0.3 is 4.57 Å². The van der Waals surface area contributed by atoms with Gasteiger partial charge in [0.15, 0.2) is 5.43 Å². The third-order valence-electron chi connectivity index (χ3n) is 2.37. The first-order valence-corrected chi connectivity index (χ1v) is 5.04. The molecule has 0 aliphatic heterocycles. The van der Waals surface area contributed by atoms with Gasteiger partial charge in [0.25, 0.3) is 5.69 Å². The molecule has 0 radical (unpaired) electrons. The first kappa shape index (κ1) is 11.1. The molecule has 5 heteroatoms. The molecule has 0 amide bonds. The standard InChI is InChI=1S/C12H10N2O3/c15-12-5-7-13(8-6-12)9-10-1-3-11(4-2-10)14(16)17/h1-8H,9H2. The number of pyridine rings is 1. The molecule has 0 aliphatic rings. The number of non-ortho nitro benzene ring substituents is 1. The lowest BCUT2D eigenvalue weighted by Gasteiger charge is -2.05. The summed E-state index contributed by atoms with van der Waals surface area (Å²) >= 11 is 0. The van der Waals surface area contributed by atoms with Gasteiger partial charge in [-0.05, 0) is 5.56 Å². The molecule has 1 aromatic heterocycles. The van der Waals surface area contributed by atoms with Crippen LogP contribution in [0.3, 0.4) is 0 Å². The Bertz CT molecular complexity index is 567. The molecule has 0 spiro atoms. The molecular formula is C12H10N2O3. The van der Waals surface area contributed by atoms with Crippen LogP contribution >= 0.6 is 0 Å². The van der Waals surface area contributed by atoms with E-state index in [-0.39, 0.29) is 11.1 Å². The second kappa shape index (κ2) is 4.61. The summed E-state index contributed by atoms with van der Waals surface area (Å²) in [6.07, 6.45) is 3.37. The summed E-state index contributed by atoms with van der Waals surface area (Å²) in [6.45, 7) is 0.582. The number of nitro groups is 1. The van der Waals surface area contributed by atoms with Gasteiger partial charge >= 0.3 is 0 Å². The van der Waals surface area contributed by atoms with Crippen LogP contribution < -0.4 is 5.43 Å². The van der Waals surface area contributed by atoms with Crippen LogP contribution in [0.15, 0.2) is 53.6 Å². The van der Waals surface area contributed by atoms with Crippen LogP contribution in [0, 0.1) is 10.1 Å². The summed E-state index contributed by atoms with van der Waals surface area (Å²) in [5.41, 5.74) is 0.984. The van der Waals surface area contributed by atoms with Crippen molar-refractivity contribution in [2.45, 2.75) is 6.54 Å². The fourth-order valence-corrected chi connectivity index (χ4v) is 1.48. The van der Waals surface area contributed by atoms with Crippen molar-refractivity contribution in [1.82, 2.24) is 4.57 Å². The van der Waals surface area contributed by atoms with Gasteiger partial charge in [-0.15, -0.1) is 0 Å². The van der Waals surface area contributed by atoms with Crippen LogP contribution in [0.2, 0.25) is 0 Å². The zero-order valence-electron chi connectivity index (χ0n) is 8.95. The quantitative estimate of drug-likeness (QED) is 0.596. The molecular weight excluding hydrogens is 220 g/mol. The predicted molar refractivity (Wildman–Crippen MR) is 62.9 cm³/mol. The highest BCUT2D eigenvalue weighted by molar-refractivity contribution is 5.32. The van der Waals surface area contributed by atoms with E-state index >= 15 is 0 Å². The first-order chi connectivity index (χ1) is 8.15. The molecule has 1 heterocycles. The Hall–Kier alpha value is -2.43. The molecule has 0 aliphatic carbocycles. The summed E-state index contributed by atoms with van der Waals surface area (Å²) in [6, 6.07) is 9.30. The van der Waals surface area contributed by atoms with Crippen molar-refractivity contribution < 1.29 is 4.92 Å². The van der Waals surface area contributed by atoms with Crippen LogP contribution in [0.25, 0.3) is 0 Å². The number of hydrogen-bond acceptors (Lipinski definition) is 3. The maximum atomic E-state index is 10.9. The number of aromatic nitrogens is 1. The van der Waals surface area contributed by atoms with Crippen molar-refractivity contribution in [2.75, 3.05) is 0 Å². The van der Waals surface area contributed by atoms with Gasteiger partial charge in [-0.1, -0.05) is 12.1 Å². The van der Waals surface area contributed by atoms with Crippen molar-refractivity contribution in [3.63, 3.8) is 0 Å². The molecule has 2 aromatic rings. The summed E-state index contributed by atoms with van der Waals surface area (Å²) in [5, 5.41) is 10.5. The second-order valence-electron chi connectivity index (χ2n) is 3.63. The van der Waals surface area contributed by atoms with E-state index in [1.807, 2.05) is 4.57 Å². The lowest BCUT2D eigenvalue weighted by atomic mass is 10.2. The highest BCUT2D eigenvalue weighted by Crippen LogP contribution is 2.12. The van der Waals surface area contributed by atoms with Crippen molar-refractivity contribution in [3.8, 4) is 0 Å². The van der Waals surface area contributed by atoms with E-state index in [1.54, 1.807) is 24.5 Å². The van der Waals surface area contributed by atoms with Crippen LogP contribution in [0.4, 0.5) is 5.69 Å². The summed E-state index contributed by atoms with van der Waals surface area (Å²) in [7, 11) is 0. The van der Waals surface area contributed by atoms with Gasteiger partial charge in [-0.2, -0.15) is 0 Å². The molecule has 17 heavy (non-hydrogen) atoms. The van der Waals surface area contributed by atoms with Crippen molar-refractivity contribution in [1.29, 1.82) is 0 Å². The highest BCUT2D eigenvalue weighted by atomic mass is 16.6. The average molecular weight is 230 g/mol. The Morgan fingerprint density at radius 1 is 1.06 bits per heavy atom. The molecule has 0 N–H and O–H groups in total. The Morgan fingerprint density at radius 3 is 2.18 bits per heavy atom. The number of benzene rings is 1. The van der Waals surface area contributed by atoms with E-state index in [4.69, 9.17) is 0 Å². The highest BCUT2D eigenvalue weighted by Gasteiger charge is 2.03. The summed E-state index contributed by atoms with van der Waals surface area (Å²) < 4.78 is 1.84. The molecule has 0 saturated carbocycles. The fraction of sp³-hybridized carbons (Fsp3) is 0.0833. The third kappa shape index (κ3) is 2.78. The van der Waals surface area contributed by atoms with E-state index in [9.17, 15) is 14.9 Å². The molecule has 0 saturated heterocycles. The second-order valence-corrected chi connectivity index (χ2v) is 3.63. The van der Waals surface area contributed by atoms with Gasteiger partial charge in [0.2, 0.25) is 0 Å². The lowest BCUT2D eigenvalue weighted by Crippen LogP contribution is -2.04. The Morgan fingerprint density at radius 2 is 1.65 bits per heavy atom. The molecule has 0 atom stereocenters. The molecule has 2 rings (SSSR count). The summed E-state index contributed by atoms with van der Waals surface area (Å²) in [5.74, 6) is 0. The van der Waals surface area contributed by atoms with Crippen LogP contribution in [0.1, 0.15) is 5.56 Å². The lowest BCUT2D eigenvalue weighted by molar-refractivity contribution is -0.384. The van der Waals surface area contributed by atoms with Gasteiger partial charge in [-0.3, -0.25) is 14.9 Å². The Balaban J connectivity index is 2.16. The Kier molecular flexibility index (Phi) is 3.00. The number of nitro benzene ring substituents is 1. The van der Waals surface area contributed by atoms with E-state index in [0.29, 0.717) is 6.54 Å². The largest absolute Gasteiger partial charge is 0.350 e. The van der Waals surface area contributed by atoms with Crippen LogP contribution in [0.5, 0.6) is 0 Å². The zero-order chi connectivity index (χ0) is 12.3. The molecule has 0 fully saturated rings. The van der Waals surface area contributed by atoms with Gasteiger partial charge in [0.1, 0.15) is 0 Å². The third-order valence-corrected chi connectivity index (χ3v) is 2.37. The van der Waals surface area contributed by atoms with E-state index in [2.05, 4.69) is 0 Å². The smallest absolute Gasteiger partial charge is 0.269 e. The van der Waals surface area contributed by atoms with Gasteiger partial charge in [0.05, 0.1) is 4.92 Å². The maximum Gasteiger partial charge on any atom is 0.269 e. The van der Waals surface area contributed by atoms with Crippen LogP contribution in [-0.4, -0.2) is 9.49 Å². The minimum atomic E-state index is -0.427. The number of rotatable bonds is 3. The van der Waals surface area contributed by atoms with Gasteiger partial charge in [0, 0.05) is 43.2 Å². The summed E-state index contributed by atoms with van der Waals surface area (Å²) in [4.78, 5) is 21.0. The zero-order valence-corrected chi connectivity index (χ0v) is 8.95. The minimum absolute atomic E-state index is 0.0371. The fourth-order valence-electron chi connectivity index (χ4n) is 1.48. The first-order valence-electron chi connectivity index (χ1n) is 5.04. The van der Waals surface area contributed by atoms with Crippen molar-refractivity contribution >= 4 is 5.69 Å². The van der Waals surface area contributed by atoms with Crippen molar-refractivity contribution in [3.05, 3.63) is 74.7 Å². The van der Waals surface area contributed by atoms with Crippen molar-refractivity contribution in [2.24, 2.45) is 0 Å². The molecule has 0 unspecified atom stereocenters. The van der Waals surface area contributed by atoms with E-state index < -0.39 is 4.92 Å². The molecule has 0 bridgehead atoms. The van der Waals surface area contributed by atoms with E-state index in [0.717, 1.165) is 5.56 Å². The minimum Gasteiger partial charge on any atom is -0.350 e. The molecule has 1 aromatic carbocycles. The maximum absolute atomic E-state index is 10.9. The van der Waals surface area contributed by atoms with Crippen LogP contribution in [-0.2, 0) is 6.54 Å². The molecule has 86 valence electrons. The number of nitrogens with zero attached hydrogens (tertiary/aromatic N) is 2. The Labute approximate surface area is 97.1 Å². The number of hydrogen-bond donors (Lipinski definition) is 0.